The first kappa shape index (κ1) is 16.8. The number of aliphatic imine (C=N–C) groups is 1. The Morgan fingerprint density at radius 1 is 0.905 bits per heavy atom. The number of nitrogens with one attached hydrogen (secondary N) is 1. The minimum absolute atomic E-state index is 0.444. The molecule has 0 aliphatic heterocycles. The van der Waals surface area contributed by atoms with Crippen LogP contribution in [-0.2, 0) is 0 Å². The number of rotatable bonds is 2. The fourth-order valence-corrected chi connectivity index (χ4v) is 4.08. The predicted octanol–water partition coefficient (Wildman–Crippen LogP) is 4.42. The summed E-state index contributed by atoms with van der Waals surface area (Å²) in [6, 6.07) is 0.513. The maximum Gasteiger partial charge on any atom is 0.114 e. The topological polar surface area (TPSA) is 50.4 Å². The molecule has 2 saturated carbocycles. The third kappa shape index (κ3) is 4.98. The molecule has 2 aliphatic carbocycles. The SMILES string of the molecule is CC(C)(C)C1CCC(C(=NC2CCCCCC2)NN)CC1. The molecule has 21 heavy (non-hydrogen) atoms. The quantitative estimate of drug-likeness (QED) is 0.260. The van der Waals surface area contributed by atoms with Gasteiger partial charge in [-0.05, 0) is 49.9 Å². The monoisotopic (exact) mass is 293 g/mol. The minimum Gasteiger partial charge on any atom is -0.312 e. The molecule has 0 saturated heterocycles. The predicted molar refractivity (Wildman–Crippen MR) is 91.2 cm³/mol. The first-order chi connectivity index (χ1) is 10.0. The molecule has 0 heterocycles. The van der Waals surface area contributed by atoms with E-state index in [9.17, 15) is 0 Å². The van der Waals surface area contributed by atoms with Crippen molar-refractivity contribution >= 4 is 5.84 Å². The summed E-state index contributed by atoms with van der Waals surface area (Å²) in [5.41, 5.74) is 3.39. The number of nitrogens with zero attached hydrogens (tertiary/aromatic N) is 1. The molecule has 0 aromatic heterocycles. The van der Waals surface area contributed by atoms with E-state index in [0.717, 1.165) is 11.8 Å². The summed E-state index contributed by atoms with van der Waals surface area (Å²) in [6.45, 7) is 7.12. The van der Waals surface area contributed by atoms with Crippen LogP contribution in [0, 0.1) is 17.3 Å². The maximum atomic E-state index is 5.80. The van der Waals surface area contributed by atoms with Crippen LogP contribution < -0.4 is 11.3 Å². The largest absolute Gasteiger partial charge is 0.312 e. The van der Waals surface area contributed by atoms with E-state index < -0.39 is 0 Å². The van der Waals surface area contributed by atoms with E-state index >= 15 is 0 Å². The molecule has 2 aliphatic rings. The van der Waals surface area contributed by atoms with Gasteiger partial charge >= 0.3 is 0 Å². The van der Waals surface area contributed by atoms with Crippen molar-refractivity contribution in [3.63, 3.8) is 0 Å². The fourth-order valence-electron chi connectivity index (χ4n) is 4.08. The van der Waals surface area contributed by atoms with E-state index in [1.54, 1.807) is 0 Å². The van der Waals surface area contributed by atoms with Crippen molar-refractivity contribution < 1.29 is 0 Å². The van der Waals surface area contributed by atoms with Crippen LogP contribution in [-0.4, -0.2) is 11.9 Å². The number of hydrazine groups is 1. The normalized spacial score (nSPS) is 30.0. The van der Waals surface area contributed by atoms with Crippen molar-refractivity contribution in [3.8, 4) is 0 Å². The van der Waals surface area contributed by atoms with Crippen LogP contribution in [0.2, 0.25) is 0 Å². The molecular formula is C18H35N3. The second-order valence-electron chi connectivity index (χ2n) is 8.22. The van der Waals surface area contributed by atoms with Gasteiger partial charge in [0.1, 0.15) is 5.84 Å². The lowest BCUT2D eigenvalue weighted by Crippen LogP contribution is -2.40. The average molecular weight is 293 g/mol. The Morgan fingerprint density at radius 3 is 1.95 bits per heavy atom. The second kappa shape index (κ2) is 7.62. The van der Waals surface area contributed by atoms with Crippen molar-refractivity contribution in [2.24, 2.45) is 28.1 Å². The molecule has 3 nitrogen and oxygen atoms in total. The molecule has 122 valence electrons. The summed E-state index contributed by atoms with van der Waals surface area (Å²) in [6.07, 6.45) is 13.1. The van der Waals surface area contributed by atoms with E-state index in [0.29, 0.717) is 17.4 Å². The Labute approximate surface area is 131 Å². The lowest BCUT2D eigenvalue weighted by Gasteiger charge is -2.37. The summed E-state index contributed by atoms with van der Waals surface area (Å²) >= 11 is 0. The Balaban J connectivity index is 1.92. The molecule has 2 rings (SSSR count). The highest BCUT2D eigenvalue weighted by molar-refractivity contribution is 5.84. The van der Waals surface area contributed by atoms with Crippen molar-refractivity contribution in [1.82, 2.24) is 5.43 Å². The third-order valence-corrected chi connectivity index (χ3v) is 5.63. The van der Waals surface area contributed by atoms with Crippen LogP contribution in [0.15, 0.2) is 4.99 Å². The molecule has 0 radical (unpaired) electrons. The molecule has 0 aromatic carbocycles. The Morgan fingerprint density at radius 2 is 1.48 bits per heavy atom. The van der Waals surface area contributed by atoms with E-state index in [2.05, 4.69) is 26.2 Å². The lowest BCUT2D eigenvalue weighted by molar-refractivity contribution is 0.166. The molecule has 0 bridgehead atoms. The molecule has 3 N–H and O–H groups in total. The zero-order valence-corrected chi connectivity index (χ0v) is 14.3. The molecule has 0 spiro atoms. The molecular weight excluding hydrogens is 258 g/mol. The van der Waals surface area contributed by atoms with Crippen molar-refractivity contribution in [1.29, 1.82) is 0 Å². The summed E-state index contributed by atoms with van der Waals surface area (Å²) < 4.78 is 0. The van der Waals surface area contributed by atoms with Gasteiger partial charge in [-0.2, -0.15) is 0 Å². The third-order valence-electron chi connectivity index (χ3n) is 5.63. The number of amidine groups is 1. The number of hydrogen-bond acceptors (Lipinski definition) is 2. The van der Waals surface area contributed by atoms with Gasteiger partial charge in [-0.15, -0.1) is 0 Å². The van der Waals surface area contributed by atoms with E-state index in [-0.39, 0.29) is 0 Å². The van der Waals surface area contributed by atoms with E-state index in [1.807, 2.05) is 0 Å². The Hall–Kier alpha value is -0.570. The minimum atomic E-state index is 0.444. The second-order valence-corrected chi connectivity index (χ2v) is 8.22. The first-order valence-electron chi connectivity index (χ1n) is 9.05. The van der Waals surface area contributed by atoms with Crippen LogP contribution in [0.25, 0.3) is 0 Å². The van der Waals surface area contributed by atoms with Crippen LogP contribution >= 0.6 is 0 Å². The van der Waals surface area contributed by atoms with Gasteiger partial charge in [-0.1, -0.05) is 46.5 Å². The van der Waals surface area contributed by atoms with Gasteiger partial charge in [0, 0.05) is 5.92 Å². The maximum absolute atomic E-state index is 5.80. The van der Waals surface area contributed by atoms with Crippen LogP contribution in [0.5, 0.6) is 0 Å². The van der Waals surface area contributed by atoms with E-state index in [4.69, 9.17) is 10.8 Å². The summed E-state index contributed by atoms with van der Waals surface area (Å²) in [7, 11) is 0. The van der Waals surface area contributed by atoms with Crippen LogP contribution in [0.4, 0.5) is 0 Å². The van der Waals surface area contributed by atoms with Gasteiger partial charge in [0.25, 0.3) is 0 Å². The number of hydrogen-bond donors (Lipinski definition) is 2. The molecule has 0 atom stereocenters. The standard InChI is InChI=1S/C18H35N3/c1-18(2,3)15-12-10-14(11-13-15)17(21-19)20-16-8-6-4-5-7-9-16/h14-16H,4-13,19H2,1-3H3,(H,20,21). The summed E-state index contributed by atoms with van der Waals surface area (Å²) in [5, 5.41) is 0. The molecule has 0 unspecified atom stereocenters. The van der Waals surface area contributed by atoms with Crippen molar-refractivity contribution in [2.45, 2.75) is 91.0 Å². The molecule has 2 fully saturated rings. The van der Waals surface area contributed by atoms with Crippen molar-refractivity contribution in [2.75, 3.05) is 0 Å². The van der Waals surface area contributed by atoms with Gasteiger partial charge in [0.05, 0.1) is 6.04 Å². The summed E-state index contributed by atoms with van der Waals surface area (Å²) in [5.74, 6) is 8.31. The zero-order chi connectivity index (χ0) is 15.3. The van der Waals surface area contributed by atoms with Gasteiger partial charge in [0.15, 0.2) is 0 Å². The smallest absolute Gasteiger partial charge is 0.114 e. The van der Waals surface area contributed by atoms with Gasteiger partial charge < -0.3 is 5.43 Å². The lowest BCUT2D eigenvalue weighted by atomic mass is 9.69. The Bertz CT molecular complexity index is 327. The van der Waals surface area contributed by atoms with E-state index in [1.165, 1.54) is 64.2 Å². The van der Waals surface area contributed by atoms with Crippen molar-refractivity contribution in [3.05, 3.63) is 0 Å². The van der Waals surface area contributed by atoms with Gasteiger partial charge in [-0.3, -0.25) is 4.99 Å². The molecule has 3 heteroatoms. The fraction of sp³-hybridized carbons (Fsp3) is 0.944. The highest BCUT2D eigenvalue weighted by Crippen LogP contribution is 2.40. The Kier molecular flexibility index (Phi) is 6.09. The molecule has 0 amide bonds. The first-order valence-corrected chi connectivity index (χ1v) is 9.05. The number of nitrogens with two attached hydrogens (primary N) is 1. The highest BCUT2D eigenvalue weighted by atomic mass is 15.3. The van der Waals surface area contributed by atoms with Gasteiger partial charge in [-0.25, -0.2) is 5.84 Å². The van der Waals surface area contributed by atoms with Crippen LogP contribution in [0.3, 0.4) is 0 Å². The average Bonchev–Trinajstić information content (AvgIpc) is 2.72. The summed E-state index contributed by atoms with van der Waals surface area (Å²) in [4.78, 5) is 5.01. The van der Waals surface area contributed by atoms with Gasteiger partial charge in [0.2, 0.25) is 0 Å². The molecule has 0 aromatic rings. The van der Waals surface area contributed by atoms with Crippen LogP contribution in [0.1, 0.15) is 85.0 Å². The zero-order valence-electron chi connectivity index (χ0n) is 14.3. The highest BCUT2D eigenvalue weighted by Gasteiger charge is 2.31.